The lowest BCUT2D eigenvalue weighted by Crippen LogP contribution is -2.44. The fraction of sp³-hybridized carbons (Fsp3) is 0.346. The third-order valence-electron chi connectivity index (χ3n) is 7.01. The monoisotopic (exact) mass is 526 g/mol. The Balaban J connectivity index is 1.82. The number of carbonyl (C=O) groups excluding carboxylic acids is 1. The van der Waals surface area contributed by atoms with E-state index in [2.05, 4.69) is 25.8 Å². The van der Waals surface area contributed by atoms with Gasteiger partial charge in [0.15, 0.2) is 4.90 Å². The second kappa shape index (κ2) is 9.89. The van der Waals surface area contributed by atoms with Crippen molar-refractivity contribution in [3.05, 3.63) is 64.6 Å². The fourth-order valence-corrected chi connectivity index (χ4v) is 5.43. The largest absolute Gasteiger partial charge is 0.497 e. The highest BCUT2D eigenvalue weighted by Gasteiger charge is 2.41. The lowest BCUT2D eigenvalue weighted by atomic mass is 9.90. The third kappa shape index (κ3) is 5.04. The molecule has 1 aliphatic rings. The molecule has 1 atom stereocenters. The van der Waals surface area contributed by atoms with Gasteiger partial charge in [-0.1, -0.05) is 6.92 Å². The summed E-state index contributed by atoms with van der Waals surface area (Å²) in [5, 5.41) is 0. The second-order valence-electron chi connectivity index (χ2n) is 9.46. The van der Waals surface area contributed by atoms with Crippen LogP contribution in [0.25, 0.3) is 11.3 Å². The van der Waals surface area contributed by atoms with Crippen molar-refractivity contribution in [3.8, 4) is 22.8 Å². The van der Waals surface area contributed by atoms with Gasteiger partial charge in [0.1, 0.15) is 17.3 Å². The van der Waals surface area contributed by atoms with Crippen molar-refractivity contribution in [3.63, 3.8) is 0 Å². The minimum Gasteiger partial charge on any atom is -0.497 e. The molecule has 3 heterocycles. The topological polar surface area (TPSA) is 131 Å². The van der Waals surface area contributed by atoms with E-state index in [9.17, 15) is 18.0 Å². The Morgan fingerprint density at radius 3 is 2.38 bits per heavy atom. The molecule has 10 nitrogen and oxygen atoms in total. The fourth-order valence-electron chi connectivity index (χ4n) is 4.41. The number of H-pyrrole nitrogens is 1. The van der Waals surface area contributed by atoms with Gasteiger partial charge in [-0.05, 0) is 62.6 Å². The normalized spacial score (nSPS) is 16.9. The van der Waals surface area contributed by atoms with E-state index in [1.807, 2.05) is 9.62 Å². The molecule has 0 spiro atoms. The zero-order valence-electron chi connectivity index (χ0n) is 21.4. The molecule has 3 aromatic rings. The van der Waals surface area contributed by atoms with Gasteiger partial charge in [-0.3, -0.25) is 9.59 Å². The number of hydrogen-bond acceptors (Lipinski definition) is 8. The summed E-state index contributed by atoms with van der Waals surface area (Å²) >= 11 is 0. The van der Waals surface area contributed by atoms with E-state index < -0.39 is 26.4 Å². The molecule has 4 rings (SSSR count). The number of aromatic nitrogens is 2. The van der Waals surface area contributed by atoms with Crippen LogP contribution in [0.3, 0.4) is 0 Å². The molecule has 0 aliphatic carbocycles. The third-order valence-corrected chi connectivity index (χ3v) is 8.36. The molecule has 1 aromatic carbocycles. The minimum atomic E-state index is -4.42. The SMILES string of the molecule is COc1cc(OC)cc(-c2ccc(C(=O)NS(=O)(=O)c3ccc[nH]c3=O)c(N3CCC(C)C3(C)C)n2)c1. The van der Waals surface area contributed by atoms with E-state index in [1.54, 1.807) is 44.6 Å². The highest BCUT2D eigenvalue weighted by Crippen LogP contribution is 2.40. The summed E-state index contributed by atoms with van der Waals surface area (Å²) in [6.45, 7) is 6.89. The first-order valence-electron chi connectivity index (χ1n) is 11.7. The molecule has 2 N–H and O–H groups in total. The van der Waals surface area contributed by atoms with Crippen LogP contribution in [0.2, 0.25) is 0 Å². The lowest BCUT2D eigenvalue weighted by Gasteiger charge is -2.36. The second-order valence-corrected chi connectivity index (χ2v) is 11.1. The van der Waals surface area contributed by atoms with Crippen molar-refractivity contribution < 1.29 is 22.7 Å². The number of sulfonamides is 1. The van der Waals surface area contributed by atoms with Crippen molar-refractivity contribution in [2.75, 3.05) is 25.7 Å². The van der Waals surface area contributed by atoms with Crippen LogP contribution in [0.1, 0.15) is 37.6 Å². The number of nitrogens with one attached hydrogen (secondary N) is 2. The summed E-state index contributed by atoms with van der Waals surface area (Å²) in [6.07, 6.45) is 2.19. The predicted molar refractivity (Wildman–Crippen MR) is 140 cm³/mol. The Morgan fingerprint density at radius 1 is 1.14 bits per heavy atom. The molecule has 1 amide bonds. The number of pyridine rings is 2. The lowest BCUT2D eigenvalue weighted by molar-refractivity contribution is 0.0981. The Bertz CT molecular complexity index is 1480. The molecule has 0 radical (unpaired) electrons. The highest BCUT2D eigenvalue weighted by molar-refractivity contribution is 7.90. The number of anilines is 1. The van der Waals surface area contributed by atoms with Crippen LogP contribution >= 0.6 is 0 Å². The first-order valence-corrected chi connectivity index (χ1v) is 13.2. The molecule has 0 bridgehead atoms. The number of methoxy groups -OCH3 is 2. The number of hydrogen-bond donors (Lipinski definition) is 2. The maximum absolute atomic E-state index is 13.4. The van der Waals surface area contributed by atoms with Crippen LogP contribution in [0.4, 0.5) is 5.82 Å². The Kier molecular flexibility index (Phi) is 7.00. The molecule has 0 saturated carbocycles. The Morgan fingerprint density at radius 2 is 1.81 bits per heavy atom. The number of amides is 1. The average Bonchev–Trinajstić information content (AvgIpc) is 3.14. The van der Waals surface area contributed by atoms with Crippen LogP contribution in [0.15, 0.2) is 58.4 Å². The summed E-state index contributed by atoms with van der Waals surface area (Å²) in [7, 11) is -1.32. The summed E-state index contributed by atoms with van der Waals surface area (Å²) in [6, 6.07) is 11.0. The molecule has 196 valence electrons. The van der Waals surface area contributed by atoms with Gasteiger partial charge >= 0.3 is 0 Å². The average molecular weight is 527 g/mol. The molecule has 2 aromatic heterocycles. The molecule has 37 heavy (non-hydrogen) atoms. The molecular formula is C26H30N4O6S. The number of nitrogens with zero attached hydrogens (tertiary/aromatic N) is 2. The van der Waals surface area contributed by atoms with E-state index in [0.29, 0.717) is 41.0 Å². The van der Waals surface area contributed by atoms with E-state index in [1.165, 1.54) is 12.3 Å². The molecule has 1 aliphatic heterocycles. The summed E-state index contributed by atoms with van der Waals surface area (Å²) in [5.41, 5.74) is 0.177. The van der Waals surface area contributed by atoms with E-state index >= 15 is 0 Å². The van der Waals surface area contributed by atoms with Crippen LogP contribution in [-0.2, 0) is 10.0 Å². The Labute approximate surface area is 215 Å². The number of rotatable bonds is 7. The van der Waals surface area contributed by atoms with Gasteiger partial charge < -0.3 is 19.4 Å². The summed E-state index contributed by atoms with van der Waals surface area (Å²) < 4.78 is 38.5. The van der Waals surface area contributed by atoms with Gasteiger partial charge in [0, 0.05) is 29.9 Å². The van der Waals surface area contributed by atoms with Crippen molar-refractivity contribution >= 4 is 21.7 Å². The molecular weight excluding hydrogens is 496 g/mol. The van der Waals surface area contributed by atoms with Gasteiger partial charge in [0.25, 0.3) is 21.5 Å². The van der Waals surface area contributed by atoms with Crippen molar-refractivity contribution in [1.82, 2.24) is 14.7 Å². The van der Waals surface area contributed by atoms with Crippen molar-refractivity contribution in [2.24, 2.45) is 5.92 Å². The smallest absolute Gasteiger partial charge is 0.269 e. The molecule has 1 fully saturated rings. The quantitative estimate of drug-likeness (QED) is 0.480. The van der Waals surface area contributed by atoms with Crippen molar-refractivity contribution in [2.45, 2.75) is 37.6 Å². The number of ether oxygens (including phenoxy) is 2. The van der Waals surface area contributed by atoms with Gasteiger partial charge in [-0.25, -0.2) is 18.1 Å². The van der Waals surface area contributed by atoms with Gasteiger partial charge in [-0.15, -0.1) is 0 Å². The number of carbonyl (C=O) groups is 1. The van der Waals surface area contributed by atoms with E-state index in [-0.39, 0.29) is 11.1 Å². The van der Waals surface area contributed by atoms with Crippen LogP contribution in [0.5, 0.6) is 11.5 Å². The van der Waals surface area contributed by atoms with Gasteiger partial charge in [0.05, 0.1) is 25.5 Å². The molecule has 11 heteroatoms. The summed E-state index contributed by atoms with van der Waals surface area (Å²) in [4.78, 5) is 34.0. The first-order chi connectivity index (χ1) is 17.5. The van der Waals surface area contributed by atoms with E-state index in [4.69, 9.17) is 14.5 Å². The van der Waals surface area contributed by atoms with Crippen LogP contribution in [-0.4, -0.2) is 50.6 Å². The Hall–Kier alpha value is -3.86. The standard InChI is InChI=1S/C26H30N4O6S/c1-16-10-12-30(26(16,2)3)23-20(24(31)29-37(33,34)22-7-6-11-27-25(22)32)8-9-21(28-23)17-13-18(35-4)15-19(14-17)36-5/h6-9,11,13-16H,10,12H2,1-5H3,(H,27,32)(H,29,31). The van der Waals surface area contributed by atoms with Gasteiger partial charge in [-0.2, -0.15) is 0 Å². The maximum Gasteiger partial charge on any atom is 0.269 e. The molecule has 1 saturated heterocycles. The molecule has 1 unspecified atom stereocenters. The van der Waals surface area contributed by atoms with E-state index in [0.717, 1.165) is 12.5 Å². The maximum atomic E-state index is 13.4. The zero-order valence-corrected chi connectivity index (χ0v) is 22.2. The van der Waals surface area contributed by atoms with Crippen LogP contribution in [0, 0.1) is 5.92 Å². The predicted octanol–water partition coefficient (Wildman–Crippen LogP) is 3.20. The first kappa shape index (κ1) is 26.2. The van der Waals surface area contributed by atoms with Crippen molar-refractivity contribution in [1.29, 1.82) is 0 Å². The van der Waals surface area contributed by atoms with Gasteiger partial charge in [0.2, 0.25) is 0 Å². The number of aromatic amines is 1. The summed E-state index contributed by atoms with van der Waals surface area (Å²) in [5.74, 6) is 0.930. The number of benzene rings is 1. The zero-order chi connectivity index (χ0) is 27.0. The van der Waals surface area contributed by atoms with Crippen LogP contribution < -0.4 is 24.7 Å². The highest BCUT2D eigenvalue weighted by atomic mass is 32.2. The minimum absolute atomic E-state index is 0.0803.